The summed E-state index contributed by atoms with van der Waals surface area (Å²) in [5, 5.41) is 0. The van der Waals surface area contributed by atoms with E-state index in [1.807, 2.05) is 13.8 Å². The number of ether oxygens (including phenoxy) is 1. The summed E-state index contributed by atoms with van der Waals surface area (Å²) in [5.74, 6) is 0.132. The first-order valence-corrected chi connectivity index (χ1v) is 4.80. The second kappa shape index (κ2) is 4.58. The molecular formula is C11H16F2O. The molecule has 0 amide bonds. The molecule has 1 nitrogen and oxygen atoms in total. The standard InChI is InChI=1S/C11H16F2O/c1-7-4-8(2)11(14-6-7)10(13)9(3)5-12/h7H,4-6H2,1-3H3/b10-9+. The fourth-order valence-electron chi connectivity index (χ4n) is 1.53. The second-order valence-corrected chi connectivity index (χ2v) is 3.96. The number of hydrogen-bond acceptors (Lipinski definition) is 1. The lowest BCUT2D eigenvalue weighted by Crippen LogP contribution is -2.15. The van der Waals surface area contributed by atoms with Gasteiger partial charge in [-0.2, -0.15) is 0 Å². The zero-order valence-corrected chi connectivity index (χ0v) is 8.86. The van der Waals surface area contributed by atoms with Crippen LogP contribution in [0.15, 0.2) is 22.7 Å². The van der Waals surface area contributed by atoms with E-state index >= 15 is 0 Å². The number of halogens is 2. The molecule has 14 heavy (non-hydrogen) atoms. The van der Waals surface area contributed by atoms with Gasteiger partial charge in [0.1, 0.15) is 6.67 Å². The van der Waals surface area contributed by atoms with Crippen LogP contribution in [0.3, 0.4) is 0 Å². The van der Waals surface area contributed by atoms with Crippen molar-refractivity contribution in [3.8, 4) is 0 Å². The van der Waals surface area contributed by atoms with Gasteiger partial charge in [-0.05, 0) is 37.3 Å². The van der Waals surface area contributed by atoms with Crippen LogP contribution < -0.4 is 0 Å². The van der Waals surface area contributed by atoms with Crippen molar-refractivity contribution in [2.24, 2.45) is 5.92 Å². The summed E-state index contributed by atoms with van der Waals surface area (Å²) in [7, 11) is 0. The average molecular weight is 202 g/mol. The van der Waals surface area contributed by atoms with Crippen molar-refractivity contribution in [2.45, 2.75) is 27.2 Å². The Morgan fingerprint density at radius 2 is 2.21 bits per heavy atom. The molecule has 0 saturated carbocycles. The average Bonchev–Trinajstić information content (AvgIpc) is 2.15. The van der Waals surface area contributed by atoms with Crippen LogP contribution in [-0.4, -0.2) is 13.3 Å². The predicted molar refractivity (Wildman–Crippen MR) is 52.2 cm³/mol. The van der Waals surface area contributed by atoms with Crippen molar-refractivity contribution in [2.75, 3.05) is 13.3 Å². The van der Waals surface area contributed by atoms with Gasteiger partial charge in [0.05, 0.1) is 6.61 Å². The number of allylic oxidation sites excluding steroid dienone is 3. The van der Waals surface area contributed by atoms with Crippen molar-refractivity contribution in [1.82, 2.24) is 0 Å². The lowest BCUT2D eigenvalue weighted by molar-refractivity contribution is 0.145. The van der Waals surface area contributed by atoms with Gasteiger partial charge in [0.25, 0.3) is 0 Å². The van der Waals surface area contributed by atoms with Gasteiger partial charge in [-0.25, -0.2) is 8.78 Å². The van der Waals surface area contributed by atoms with Crippen LogP contribution in [-0.2, 0) is 4.74 Å². The van der Waals surface area contributed by atoms with Crippen LogP contribution in [0, 0.1) is 5.92 Å². The third kappa shape index (κ3) is 2.34. The fraction of sp³-hybridized carbons (Fsp3) is 0.636. The van der Waals surface area contributed by atoms with E-state index in [9.17, 15) is 8.78 Å². The van der Waals surface area contributed by atoms with Gasteiger partial charge in [-0.1, -0.05) is 6.92 Å². The van der Waals surface area contributed by atoms with Crippen molar-refractivity contribution >= 4 is 0 Å². The van der Waals surface area contributed by atoms with Crippen LogP contribution in [0.2, 0.25) is 0 Å². The highest BCUT2D eigenvalue weighted by Crippen LogP contribution is 2.29. The highest BCUT2D eigenvalue weighted by Gasteiger charge is 2.20. The molecule has 0 aliphatic carbocycles. The van der Waals surface area contributed by atoms with Crippen molar-refractivity contribution in [1.29, 1.82) is 0 Å². The molecular weight excluding hydrogens is 186 g/mol. The Bertz CT molecular complexity index is 279. The van der Waals surface area contributed by atoms with Crippen molar-refractivity contribution in [3.63, 3.8) is 0 Å². The van der Waals surface area contributed by atoms with Gasteiger partial charge in [-0.15, -0.1) is 0 Å². The van der Waals surface area contributed by atoms with Crippen LogP contribution in [0.5, 0.6) is 0 Å². The summed E-state index contributed by atoms with van der Waals surface area (Å²) >= 11 is 0. The lowest BCUT2D eigenvalue weighted by atomic mass is 9.98. The zero-order valence-electron chi connectivity index (χ0n) is 8.86. The first kappa shape index (κ1) is 11.2. The minimum atomic E-state index is -0.762. The van der Waals surface area contributed by atoms with E-state index in [0.717, 1.165) is 12.0 Å². The Morgan fingerprint density at radius 1 is 1.57 bits per heavy atom. The fourth-order valence-corrected chi connectivity index (χ4v) is 1.53. The van der Waals surface area contributed by atoms with E-state index in [0.29, 0.717) is 12.5 Å². The third-order valence-electron chi connectivity index (χ3n) is 2.33. The highest BCUT2D eigenvalue weighted by molar-refractivity contribution is 5.30. The van der Waals surface area contributed by atoms with Crippen LogP contribution in [0.1, 0.15) is 27.2 Å². The molecule has 1 atom stereocenters. The predicted octanol–water partition coefficient (Wildman–Crippen LogP) is 3.53. The summed E-state index contributed by atoms with van der Waals surface area (Å²) < 4.78 is 31.0. The molecule has 1 heterocycles. The van der Waals surface area contributed by atoms with E-state index in [4.69, 9.17) is 4.74 Å². The molecule has 0 spiro atoms. The Kier molecular flexibility index (Phi) is 3.67. The maximum Gasteiger partial charge on any atom is 0.166 e. The molecule has 0 N–H and O–H groups in total. The SMILES string of the molecule is CC1=C(/C(F)=C(/C)CF)OCC(C)C1. The minimum Gasteiger partial charge on any atom is -0.490 e. The zero-order chi connectivity index (χ0) is 10.7. The van der Waals surface area contributed by atoms with Gasteiger partial charge in [0, 0.05) is 0 Å². The van der Waals surface area contributed by atoms with Crippen LogP contribution >= 0.6 is 0 Å². The largest absolute Gasteiger partial charge is 0.490 e. The lowest BCUT2D eigenvalue weighted by Gasteiger charge is -2.23. The quantitative estimate of drug-likeness (QED) is 0.665. The highest BCUT2D eigenvalue weighted by atomic mass is 19.1. The summed E-state index contributed by atoms with van der Waals surface area (Å²) in [5.41, 5.74) is 0.975. The van der Waals surface area contributed by atoms with Gasteiger partial charge < -0.3 is 4.74 Å². The molecule has 3 heteroatoms. The minimum absolute atomic E-state index is 0.105. The Balaban J connectivity index is 2.93. The van der Waals surface area contributed by atoms with E-state index in [1.54, 1.807) is 0 Å². The second-order valence-electron chi connectivity index (χ2n) is 3.96. The molecule has 0 aromatic carbocycles. The Labute approximate surface area is 83.4 Å². The van der Waals surface area contributed by atoms with Crippen LogP contribution in [0.25, 0.3) is 0 Å². The van der Waals surface area contributed by atoms with Gasteiger partial charge in [0.15, 0.2) is 11.6 Å². The molecule has 80 valence electrons. The molecule has 0 aromatic heterocycles. The smallest absolute Gasteiger partial charge is 0.166 e. The maximum atomic E-state index is 13.5. The molecule has 1 aliphatic rings. The normalized spacial score (nSPS) is 24.5. The first-order valence-electron chi connectivity index (χ1n) is 4.80. The Hall–Kier alpha value is -0.860. The molecule has 0 saturated heterocycles. The summed E-state index contributed by atoms with van der Waals surface area (Å²) in [4.78, 5) is 0. The van der Waals surface area contributed by atoms with Gasteiger partial charge in [0.2, 0.25) is 0 Å². The topological polar surface area (TPSA) is 9.23 Å². The number of alkyl halides is 1. The first-order chi connectivity index (χ1) is 6.56. The summed E-state index contributed by atoms with van der Waals surface area (Å²) in [6.07, 6.45) is 0.822. The number of rotatable bonds is 2. The van der Waals surface area contributed by atoms with Crippen molar-refractivity contribution < 1.29 is 13.5 Å². The molecule has 1 unspecified atom stereocenters. The molecule has 1 aliphatic heterocycles. The van der Waals surface area contributed by atoms with Gasteiger partial charge in [-0.3, -0.25) is 0 Å². The number of hydrogen-bond donors (Lipinski definition) is 0. The molecule has 0 radical (unpaired) electrons. The van der Waals surface area contributed by atoms with Gasteiger partial charge >= 0.3 is 0 Å². The van der Waals surface area contributed by atoms with E-state index in [1.165, 1.54) is 6.92 Å². The summed E-state index contributed by atoms with van der Waals surface area (Å²) in [6, 6.07) is 0. The van der Waals surface area contributed by atoms with E-state index < -0.39 is 12.5 Å². The molecule has 1 rings (SSSR count). The maximum absolute atomic E-state index is 13.5. The summed E-state index contributed by atoms with van der Waals surface area (Å²) in [6.45, 7) is 5.07. The van der Waals surface area contributed by atoms with E-state index in [-0.39, 0.29) is 11.3 Å². The third-order valence-corrected chi connectivity index (χ3v) is 2.33. The monoisotopic (exact) mass is 202 g/mol. The molecule has 0 bridgehead atoms. The Morgan fingerprint density at radius 3 is 2.71 bits per heavy atom. The molecule has 0 fully saturated rings. The van der Waals surface area contributed by atoms with Crippen LogP contribution in [0.4, 0.5) is 8.78 Å². The molecule has 0 aromatic rings. The van der Waals surface area contributed by atoms with Crippen molar-refractivity contribution in [3.05, 3.63) is 22.7 Å². The van der Waals surface area contributed by atoms with E-state index in [2.05, 4.69) is 0 Å².